The first kappa shape index (κ1) is 11.5. The number of aryl methyl sites for hydroxylation is 1. The van der Waals surface area contributed by atoms with Gasteiger partial charge in [-0.25, -0.2) is 0 Å². The fourth-order valence-corrected chi connectivity index (χ4v) is 1.93. The summed E-state index contributed by atoms with van der Waals surface area (Å²) in [5, 5.41) is 7.27. The van der Waals surface area contributed by atoms with Crippen molar-refractivity contribution < 1.29 is 9.26 Å². The monoisotopic (exact) mass is 225 g/mol. The molecule has 1 aliphatic rings. The Morgan fingerprint density at radius 3 is 3.12 bits per heavy atom. The van der Waals surface area contributed by atoms with E-state index in [-0.39, 0.29) is 0 Å². The summed E-state index contributed by atoms with van der Waals surface area (Å²) in [6.45, 7) is 4.51. The van der Waals surface area contributed by atoms with Gasteiger partial charge in [0.1, 0.15) is 0 Å². The third kappa shape index (κ3) is 3.57. The van der Waals surface area contributed by atoms with E-state index in [2.05, 4.69) is 15.5 Å². The average molecular weight is 225 g/mol. The Hall–Kier alpha value is -0.940. The van der Waals surface area contributed by atoms with Crippen LogP contribution in [0.1, 0.15) is 31.0 Å². The second-order valence-electron chi connectivity index (χ2n) is 4.18. The second kappa shape index (κ2) is 5.96. The molecule has 1 unspecified atom stereocenters. The molecule has 0 spiro atoms. The normalized spacial score (nSPS) is 21.9. The van der Waals surface area contributed by atoms with Gasteiger partial charge < -0.3 is 14.6 Å². The lowest BCUT2D eigenvalue weighted by molar-refractivity contribution is 0.142. The van der Waals surface area contributed by atoms with Crippen LogP contribution in [0.4, 0.5) is 0 Å². The van der Waals surface area contributed by atoms with Crippen LogP contribution in [0.15, 0.2) is 4.52 Å². The van der Waals surface area contributed by atoms with Crippen molar-refractivity contribution >= 4 is 0 Å². The van der Waals surface area contributed by atoms with Crippen LogP contribution in [0.5, 0.6) is 0 Å². The molecule has 0 bridgehead atoms. The van der Waals surface area contributed by atoms with Gasteiger partial charge in [0.15, 0.2) is 5.82 Å². The highest BCUT2D eigenvalue weighted by molar-refractivity contribution is 4.83. The van der Waals surface area contributed by atoms with E-state index in [0.29, 0.717) is 11.9 Å². The summed E-state index contributed by atoms with van der Waals surface area (Å²) in [4.78, 5) is 4.17. The maximum absolute atomic E-state index is 5.41. The number of aromatic nitrogens is 2. The van der Waals surface area contributed by atoms with E-state index in [9.17, 15) is 0 Å². The van der Waals surface area contributed by atoms with Gasteiger partial charge in [-0.1, -0.05) is 5.16 Å². The largest absolute Gasteiger partial charge is 0.381 e. The Kier molecular flexibility index (Phi) is 4.30. The highest BCUT2D eigenvalue weighted by Gasteiger charge is 2.11. The first-order valence-electron chi connectivity index (χ1n) is 5.95. The summed E-state index contributed by atoms with van der Waals surface area (Å²) in [5.41, 5.74) is 0. The fourth-order valence-electron chi connectivity index (χ4n) is 1.93. The van der Waals surface area contributed by atoms with Gasteiger partial charge in [-0.3, -0.25) is 0 Å². The van der Waals surface area contributed by atoms with E-state index in [4.69, 9.17) is 9.26 Å². The Labute approximate surface area is 95.6 Å². The molecule has 5 nitrogen and oxygen atoms in total. The average Bonchev–Trinajstić information content (AvgIpc) is 2.54. The molecule has 0 saturated carbocycles. The summed E-state index contributed by atoms with van der Waals surface area (Å²) in [5.74, 6) is 1.42. The minimum Gasteiger partial charge on any atom is -0.381 e. The minimum absolute atomic E-state index is 0.575. The summed E-state index contributed by atoms with van der Waals surface area (Å²) < 4.78 is 10.5. The van der Waals surface area contributed by atoms with E-state index >= 15 is 0 Å². The number of nitrogens with zero attached hydrogens (tertiary/aromatic N) is 2. The van der Waals surface area contributed by atoms with Crippen molar-refractivity contribution in [3.63, 3.8) is 0 Å². The molecular weight excluding hydrogens is 206 g/mol. The van der Waals surface area contributed by atoms with Crippen LogP contribution >= 0.6 is 0 Å². The van der Waals surface area contributed by atoms with Gasteiger partial charge in [0.05, 0.1) is 0 Å². The van der Waals surface area contributed by atoms with Crippen molar-refractivity contribution in [2.24, 2.45) is 0 Å². The molecule has 0 aliphatic carbocycles. The number of hydrogen-bond donors (Lipinski definition) is 1. The molecule has 90 valence electrons. The minimum atomic E-state index is 0.575. The lowest BCUT2D eigenvalue weighted by atomic mass is 10.1. The lowest BCUT2D eigenvalue weighted by Crippen LogP contribution is -2.31. The van der Waals surface area contributed by atoms with Gasteiger partial charge in [0.25, 0.3) is 0 Å². The van der Waals surface area contributed by atoms with Gasteiger partial charge in [0.2, 0.25) is 5.89 Å². The van der Waals surface area contributed by atoms with Gasteiger partial charge in [-0.05, 0) is 26.2 Å². The number of nitrogens with one attached hydrogen (secondary N) is 1. The maximum Gasteiger partial charge on any atom is 0.227 e. The van der Waals surface area contributed by atoms with E-state index in [1.807, 2.05) is 6.92 Å². The molecule has 1 aromatic rings. The quantitative estimate of drug-likeness (QED) is 0.830. The number of hydrogen-bond acceptors (Lipinski definition) is 5. The van der Waals surface area contributed by atoms with Crippen molar-refractivity contribution in [1.29, 1.82) is 0 Å². The molecule has 1 saturated heterocycles. The highest BCUT2D eigenvalue weighted by atomic mass is 16.5. The molecule has 1 fully saturated rings. The molecule has 2 heterocycles. The summed E-state index contributed by atoms with van der Waals surface area (Å²) in [6, 6.07) is 0.575. The smallest absolute Gasteiger partial charge is 0.227 e. The first-order valence-corrected chi connectivity index (χ1v) is 5.95. The predicted octanol–water partition coefficient (Wildman–Crippen LogP) is 1.08. The van der Waals surface area contributed by atoms with Crippen molar-refractivity contribution in [2.45, 2.75) is 38.6 Å². The summed E-state index contributed by atoms with van der Waals surface area (Å²) in [6.07, 6.45) is 4.25. The Balaban J connectivity index is 1.67. The van der Waals surface area contributed by atoms with Crippen LogP contribution in [-0.2, 0) is 11.2 Å². The first-order chi connectivity index (χ1) is 7.84. The Bertz CT molecular complexity index is 306. The molecule has 1 aromatic heterocycles. The van der Waals surface area contributed by atoms with Gasteiger partial charge in [0, 0.05) is 32.2 Å². The lowest BCUT2D eigenvalue weighted by Gasteiger charge is -2.14. The molecule has 0 aromatic carbocycles. The van der Waals surface area contributed by atoms with Crippen LogP contribution in [0.25, 0.3) is 0 Å². The van der Waals surface area contributed by atoms with Crippen molar-refractivity contribution in [3.05, 3.63) is 11.7 Å². The standard InChI is InChI=1S/C11H19N3O2/c1-9-13-11(16-14-9)4-6-12-10-3-2-7-15-8-5-10/h10,12H,2-8H2,1H3. The van der Waals surface area contributed by atoms with E-state index in [1.165, 1.54) is 6.42 Å². The van der Waals surface area contributed by atoms with Crippen LogP contribution < -0.4 is 5.32 Å². The van der Waals surface area contributed by atoms with Crippen molar-refractivity contribution in [2.75, 3.05) is 19.8 Å². The second-order valence-corrected chi connectivity index (χ2v) is 4.18. The van der Waals surface area contributed by atoms with Gasteiger partial charge >= 0.3 is 0 Å². The molecular formula is C11H19N3O2. The molecule has 0 radical (unpaired) electrons. The third-order valence-electron chi connectivity index (χ3n) is 2.79. The zero-order valence-electron chi connectivity index (χ0n) is 9.74. The van der Waals surface area contributed by atoms with Gasteiger partial charge in [-0.15, -0.1) is 0 Å². The maximum atomic E-state index is 5.41. The number of ether oxygens (including phenoxy) is 1. The SMILES string of the molecule is Cc1noc(CCNC2CCCOCC2)n1. The van der Waals surface area contributed by atoms with Crippen LogP contribution in [0.2, 0.25) is 0 Å². The van der Waals surface area contributed by atoms with Crippen LogP contribution in [0.3, 0.4) is 0 Å². The zero-order chi connectivity index (χ0) is 11.2. The van der Waals surface area contributed by atoms with E-state index < -0.39 is 0 Å². The third-order valence-corrected chi connectivity index (χ3v) is 2.79. The predicted molar refractivity (Wildman–Crippen MR) is 59.2 cm³/mol. The van der Waals surface area contributed by atoms with Crippen molar-refractivity contribution in [1.82, 2.24) is 15.5 Å². The molecule has 5 heteroatoms. The highest BCUT2D eigenvalue weighted by Crippen LogP contribution is 2.08. The molecule has 16 heavy (non-hydrogen) atoms. The van der Waals surface area contributed by atoms with Crippen molar-refractivity contribution in [3.8, 4) is 0 Å². The molecule has 1 N–H and O–H groups in total. The Morgan fingerprint density at radius 2 is 2.31 bits per heavy atom. The topological polar surface area (TPSA) is 60.2 Å². The zero-order valence-corrected chi connectivity index (χ0v) is 9.74. The van der Waals surface area contributed by atoms with Gasteiger partial charge in [-0.2, -0.15) is 4.98 Å². The molecule has 2 rings (SSSR count). The van der Waals surface area contributed by atoms with Crippen LogP contribution in [-0.4, -0.2) is 35.9 Å². The molecule has 1 aliphatic heterocycles. The number of rotatable bonds is 4. The molecule has 0 amide bonds. The van der Waals surface area contributed by atoms with Crippen LogP contribution in [0, 0.1) is 6.92 Å². The Morgan fingerprint density at radius 1 is 1.38 bits per heavy atom. The molecule has 1 atom stereocenters. The fraction of sp³-hybridized carbons (Fsp3) is 0.818. The summed E-state index contributed by atoms with van der Waals surface area (Å²) >= 11 is 0. The van der Waals surface area contributed by atoms with E-state index in [1.54, 1.807) is 0 Å². The summed E-state index contributed by atoms with van der Waals surface area (Å²) in [7, 11) is 0. The van der Waals surface area contributed by atoms with E-state index in [0.717, 1.165) is 44.9 Å².